The molecule has 1 N–H and O–H groups in total. The molecule has 2 fully saturated rings. The topological polar surface area (TPSA) is 21.3 Å². The minimum atomic E-state index is 0.820. The third kappa shape index (κ3) is 3.18. The highest BCUT2D eigenvalue weighted by Gasteiger charge is 2.31. The van der Waals surface area contributed by atoms with Crippen molar-refractivity contribution in [3.63, 3.8) is 0 Å². The fraction of sp³-hybridized carbons (Fsp3) is 1.00. The van der Waals surface area contributed by atoms with Crippen molar-refractivity contribution >= 4 is 0 Å². The Morgan fingerprint density at radius 2 is 1.87 bits per heavy atom. The van der Waals surface area contributed by atoms with Crippen molar-refractivity contribution in [2.24, 2.45) is 17.8 Å². The van der Waals surface area contributed by atoms with E-state index in [0.717, 1.165) is 37.0 Å². The summed E-state index contributed by atoms with van der Waals surface area (Å²) in [4.78, 5) is 0. The van der Waals surface area contributed by atoms with Gasteiger partial charge in [0.2, 0.25) is 0 Å². The minimum absolute atomic E-state index is 0.820. The van der Waals surface area contributed by atoms with Crippen molar-refractivity contribution in [2.45, 2.75) is 45.6 Å². The molecule has 2 aliphatic rings. The van der Waals surface area contributed by atoms with Crippen LogP contribution in [0.4, 0.5) is 0 Å². The zero-order valence-corrected chi connectivity index (χ0v) is 10.2. The maximum atomic E-state index is 5.37. The summed E-state index contributed by atoms with van der Waals surface area (Å²) >= 11 is 0. The van der Waals surface area contributed by atoms with Crippen molar-refractivity contribution in [3.8, 4) is 0 Å². The summed E-state index contributed by atoms with van der Waals surface area (Å²) in [5.74, 6) is 2.74. The molecule has 0 unspecified atom stereocenters. The Labute approximate surface area is 93.8 Å². The zero-order valence-electron chi connectivity index (χ0n) is 10.2. The van der Waals surface area contributed by atoms with E-state index in [1.165, 1.54) is 32.2 Å². The molecule has 0 amide bonds. The van der Waals surface area contributed by atoms with E-state index in [1.54, 1.807) is 0 Å². The van der Waals surface area contributed by atoms with Crippen LogP contribution in [-0.4, -0.2) is 25.8 Å². The van der Waals surface area contributed by atoms with Gasteiger partial charge in [0.1, 0.15) is 0 Å². The predicted molar refractivity (Wildman–Crippen MR) is 62.9 cm³/mol. The van der Waals surface area contributed by atoms with Gasteiger partial charge in [-0.2, -0.15) is 0 Å². The average Bonchev–Trinajstić information content (AvgIpc) is 2.16. The number of rotatable bonds is 4. The highest BCUT2D eigenvalue weighted by Crippen LogP contribution is 2.33. The summed E-state index contributed by atoms with van der Waals surface area (Å²) in [6, 6.07) is 0.820. The first kappa shape index (κ1) is 11.4. The standard InChI is InChI=1S/C13H25NO/c1-10(2)12-7-13(8-12)14-9-11-3-5-15-6-4-11/h10-14H,3-9H2,1-2H3. The third-order valence-electron chi connectivity index (χ3n) is 4.15. The average molecular weight is 211 g/mol. The number of ether oxygens (including phenoxy) is 1. The molecule has 88 valence electrons. The first-order valence-electron chi connectivity index (χ1n) is 6.57. The van der Waals surface area contributed by atoms with E-state index in [9.17, 15) is 0 Å². The van der Waals surface area contributed by atoms with Crippen molar-refractivity contribution < 1.29 is 4.74 Å². The molecular formula is C13H25NO. The maximum absolute atomic E-state index is 5.37. The molecule has 0 aromatic heterocycles. The predicted octanol–water partition coefficient (Wildman–Crippen LogP) is 2.44. The van der Waals surface area contributed by atoms with Crippen LogP contribution >= 0.6 is 0 Å². The van der Waals surface area contributed by atoms with Crippen LogP contribution in [0, 0.1) is 17.8 Å². The molecule has 1 aliphatic heterocycles. The SMILES string of the molecule is CC(C)C1CC(NCC2CCOCC2)C1. The lowest BCUT2D eigenvalue weighted by Gasteiger charge is -2.39. The van der Waals surface area contributed by atoms with Crippen LogP contribution in [0.2, 0.25) is 0 Å². The normalized spacial score (nSPS) is 33.0. The van der Waals surface area contributed by atoms with Gasteiger partial charge < -0.3 is 10.1 Å². The summed E-state index contributed by atoms with van der Waals surface area (Å²) in [5.41, 5.74) is 0. The smallest absolute Gasteiger partial charge is 0.0469 e. The molecule has 0 bridgehead atoms. The van der Waals surface area contributed by atoms with E-state index in [-0.39, 0.29) is 0 Å². The van der Waals surface area contributed by atoms with Gasteiger partial charge in [0.05, 0.1) is 0 Å². The minimum Gasteiger partial charge on any atom is -0.381 e. The molecule has 2 nitrogen and oxygen atoms in total. The van der Waals surface area contributed by atoms with Crippen molar-refractivity contribution in [2.75, 3.05) is 19.8 Å². The molecule has 1 aliphatic carbocycles. The van der Waals surface area contributed by atoms with Crippen LogP contribution in [0.3, 0.4) is 0 Å². The largest absolute Gasteiger partial charge is 0.381 e. The fourth-order valence-electron chi connectivity index (χ4n) is 2.66. The van der Waals surface area contributed by atoms with Crippen LogP contribution in [0.25, 0.3) is 0 Å². The monoisotopic (exact) mass is 211 g/mol. The Balaban J connectivity index is 1.55. The van der Waals surface area contributed by atoms with E-state index in [4.69, 9.17) is 4.74 Å². The van der Waals surface area contributed by atoms with E-state index in [1.807, 2.05) is 0 Å². The van der Waals surface area contributed by atoms with Crippen molar-refractivity contribution in [3.05, 3.63) is 0 Å². The second-order valence-corrected chi connectivity index (χ2v) is 5.64. The Kier molecular flexibility index (Phi) is 4.04. The van der Waals surface area contributed by atoms with E-state index >= 15 is 0 Å². The lowest BCUT2D eigenvalue weighted by atomic mass is 9.73. The molecule has 0 aromatic carbocycles. The molecule has 1 heterocycles. The quantitative estimate of drug-likeness (QED) is 0.771. The Morgan fingerprint density at radius 3 is 2.47 bits per heavy atom. The Hall–Kier alpha value is -0.0800. The van der Waals surface area contributed by atoms with Crippen LogP contribution < -0.4 is 5.32 Å². The third-order valence-corrected chi connectivity index (χ3v) is 4.15. The van der Waals surface area contributed by atoms with E-state index in [0.29, 0.717) is 0 Å². The lowest BCUT2D eigenvalue weighted by Crippen LogP contribution is -2.45. The summed E-state index contributed by atoms with van der Waals surface area (Å²) < 4.78 is 5.37. The van der Waals surface area contributed by atoms with E-state index in [2.05, 4.69) is 19.2 Å². The number of hydrogen-bond acceptors (Lipinski definition) is 2. The molecule has 1 saturated carbocycles. The molecule has 15 heavy (non-hydrogen) atoms. The highest BCUT2D eigenvalue weighted by molar-refractivity contribution is 4.87. The van der Waals surface area contributed by atoms with Gasteiger partial charge in [-0.05, 0) is 50.0 Å². The maximum Gasteiger partial charge on any atom is 0.0469 e. The molecule has 0 radical (unpaired) electrons. The van der Waals surface area contributed by atoms with Gasteiger partial charge in [-0.1, -0.05) is 13.8 Å². The molecule has 0 spiro atoms. The zero-order chi connectivity index (χ0) is 10.7. The fourth-order valence-corrected chi connectivity index (χ4v) is 2.66. The summed E-state index contributed by atoms with van der Waals surface area (Å²) in [7, 11) is 0. The van der Waals surface area contributed by atoms with E-state index < -0.39 is 0 Å². The van der Waals surface area contributed by atoms with Gasteiger partial charge >= 0.3 is 0 Å². The lowest BCUT2D eigenvalue weighted by molar-refractivity contribution is 0.0619. The number of hydrogen-bond donors (Lipinski definition) is 1. The highest BCUT2D eigenvalue weighted by atomic mass is 16.5. The second-order valence-electron chi connectivity index (χ2n) is 5.64. The van der Waals surface area contributed by atoms with Crippen molar-refractivity contribution in [1.29, 1.82) is 0 Å². The van der Waals surface area contributed by atoms with Gasteiger partial charge in [-0.3, -0.25) is 0 Å². The molecule has 0 aromatic rings. The molecule has 2 rings (SSSR count). The first-order chi connectivity index (χ1) is 7.25. The molecule has 1 saturated heterocycles. The Bertz CT molecular complexity index is 181. The summed E-state index contributed by atoms with van der Waals surface area (Å²) in [5, 5.41) is 3.72. The molecular weight excluding hydrogens is 186 g/mol. The summed E-state index contributed by atoms with van der Waals surface area (Å²) in [6.45, 7) is 7.87. The summed E-state index contributed by atoms with van der Waals surface area (Å²) in [6.07, 6.45) is 5.32. The molecule has 2 heteroatoms. The van der Waals surface area contributed by atoms with Crippen LogP contribution in [-0.2, 0) is 4.74 Å². The van der Waals surface area contributed by atoms with Crippen molar-refractivity contribution in [1.82, 2.24) is 5.32 Å². The van der Waals surface area contributed by atoms with Gasteiger partial charge in [0.25, 0.3) is 0 Å². The van der Waals surface area contributed by atoms with Crippen LogP contribution in [0.1, 0.15) is 39.5 Å². The first-order valence-corrected chi connectivity index (χ1v) is 6.57. The number of nitrogens with one attached hydrogen (secondary N) is 1. The van der Waals surface area contributed by atoms with Gasteiger partial charge in [0.15, 0.2) is 0 Å². The second kappa shape index (κ2) is 5.31. The van der Waals surface area contributed by atoms with Crippen LogP contribution in [0.15, 0.2) is 0 Å². The van der Waals surface area contributed by atoms with Gasteiger partial charge in [0, 0.05) is 19.3 Å². The Morgan fingerprint density at radius 1 is 1.20 bits per heavy atom. The molecule has 0 atom stereocenters. The van der Waals surface area contributed by atoms with Gasteiger partial charge in [-0.25, -0.2) is 0 Å². The van der Waals surface area contributed by atoms with Crippen LogP contribution in [0.5, 0.6) is 0 Å². The van der Waals surface area contributed by atoms with Gasteiger partial charge in [-0.15, -0.1) is 0 Å².